The third-order valence-corrected chi connectivity index (χ3v) is 4.53. The summed E-state index contributed by atoms with van der Waals surface area (Å²) in [6.07, 6.45) is 2.51. The van der Waals surface area contributed by atoms with E-state index in [1.165, 1.54) is 17.6 Å². The second kappa shape index (κ2) is 7.39. The van der Waals surface area contributed by atoms with Crippen LogP contribution in [0.15, 0.2) is 54.9 Å². The number of hydrogen-bond donors (Lipinski definition) is 1. The molecular weight excluding hydrogens is 328 g/mol. The van der Waals surface area contributed by atoms with Gasteiger partial charge in [0.05, 0.1) is 10.9 Å². The zero-order valence-electron chi connectivity index (χ0n) is 14.4. The van der Waals surface area contributed by atoms with Crippen LogP contribution in [0.4, 0.5) is 5.69 Å². The van der Waals surface area contributed by atoms with Gasteiger partial charge in [-0.3, -0.25) is 4.79 Å². The molecule has 0 unspecified atom stereocenters. The molecule has 2 heterocycles. The molecule has 6 heteroatoms. The molecule has 1 aliphatic rings. The van der Waals surface area contributed by atoms with Crippen molar-refractivity contribution in [1.29, 1.82) is 0 Å². The third kappa shape index (κ3) is 3.44. The molecule has 0 aliphatic carbocycles. The highest BCUT2D eigenvalue weighted by Gasteiger charge is 2.17. The van der Waals surface area contributed by atoms with Crippen LogP contribution in [0, 0.1) is 0 Å². The van der Waals surface area contributed by atoms with Crippen molar-refractivity contribution in [2.24, 2.45) is 0 Å². The van der Waals surface area contributed by atoms with Crippen molar-refractivity contribution in [3.05, 3.63) is 60.4 Å². The van der Waals surface area contributed by atoms with E-state index in [0.29, 0.717) is 12.4 Å². The summed E-state index contributed by atoms with van der Waals surface area (Å²) in [5.74, 6) is 0.277. The quantitative estimate of drug-likeness (QED) is 0.740. The van der Waals surface area contributed by atoms with E-state index in [1.54, 1.807) is 0 Å². The lowest BCUT2D eigenvalue weighted by Crippen LogP contribution is -2.36. The largest absolute Gasteiger partial charge is 0.467 e. The number of aromatic nitrogens is 2. The smallest absolute Gasteiger partial charge is 0.258 e. The van der Waals surface area contributed by atoms with Gasteiger partial charge in [0.1, 0.15) is 6.33 Å². The van der Waals surface area contributed by atoms with Gasteiger partial charge < -0.3 is 15.0 Å². The Balaban J connectivity index is 1.27. The number of fused-ring (bicyclic) bond motifs is 2. The zero-order valence-corrected chi connectivity index (χ0v) is 14.4. The van der Waals surface area contributed by atoms with Crippen molar-refractivity contribution in [3.8, 4) is 5.88 Å². The number of ether oxygens (including phenoxy) is 1. The molecule has 4 rings (SSSR count). The van der Waals surface area contributed by atoms with Crippen molar-refractivity contribution >= 4 is 22.5 Å². The Hall–Kier alpha value is -3.15. The number of para-hydroxylation sites is 2. The van der Waals surface area contributed by atoms with Crippen LogP contribution in [0.25, 0.3) is 10.9 Å². The lowest BCUT2D eigenvalue weighted by molar-refractivity contribution is -0.123. The van der Waals surface area contributed by atoms with Gasteiger partial charge in [0.15, 0.2) is 6.61 Å². The fourth-order valence-corrected chi connectivity index (χ4v) is 3.25. The normalized spacial score (nSPS) is 12.8. The van der Waals surface area contributed by atoms with E-state index in [9.17, 15) is 4.79 Å². The average molecular weight is 348 g/mol. The lowest BCUT2D eigenvalue weighted by Gasteiger charge is -2.19. The summed E-state index contributed by atoms with van der Waals surface area (Å²) in [5, 5.41) is 3.71. The van der Waals surface area contributed by atoms with Gasteiger partial charge in [-0.25, -0.2) is 9.97 Å². The molecular formula is C20H20N4O2. The summed E-state index contributed by atoms with van der Waals surface area (Å²) in [4.78, 5) is 22.7. The van der Waals surface area contributed by atoms with E-state index >= 15 is 0 Å². The van der Waals surface area contributed by atoms with Gasteiger partial charge in [-0.15, -0.1) is 0 Å². The van der Waals surface area contributed by atoms with Crippen LogP contribution in [0.1, 0.15) is 5.56 Å². The number of anilines is 1. The van der Waals surface area contributed by atoms with Crippen molar-refractivity contribution < 1.29 is 9.53 Å². The van der Waals surface area contributed by atoms with Crippen LogP contribution in [-0.4, -0.2) is 42.1 Å². The van der Waals surface area contributed by atoms with E-state index in [-0.39, 0.29) is 12.5 Å². The predicted octanol–water partition coefficient (Wildman–Crippen LogP) is 2.19. The Morgan fingerprint density at radius 2 is 1.96 bits per heavy atom. The molecule has 1 amide bonds. The first kappa shape index (κ1) is 16.3. The molecule has 132 valence electrons. The maximum atomic E-state index is 12.1. The van der Waals surface area contributed by atoms with Gasteiger partial charge in [-0.1, -0.05) is 30.3 Å². The van der Waals surface area contributed by atoms with Crippen LogP contribution >= 0.6 is 0 Å². The second-order valence-corrected chi connectivity index (χ2v) is 6.20. The number of amides is 1. The van der Waals surface area contributed by atoms with E-state index in [1.807, 2.05) is 24.3 Å². The number of nitrogens with zero attached hydrogens (tertiary/aromatic N) is 3. The number of nitrogens with one attached hydrogen (secondary N) is 1. The minimum absolute atomic E-state index is 0.0579. The van der Waals surface area contributed by atoms with Gasteiger partial charge >= 0.3 is 0 Å². The summed E-state index contributed by atoms with van der Waals surface area (Å²) < 4.78 is 5.58. The SMILES string of the molecule is O=C(COc1ncnc2ccccc12)NCCN1CCc2ccccc21. The number of benzene rings is 2. The highest BCUT2D eigenvalue weighted by Crippen LogP contribution is 2.26. The summed E-state index contributed by atoms with van der Waals surface area (Å²) in [7, 11) is 0. The molecule has 2 aromatic carbocycles. The number of carbonyl (C=O) groups is 1. The van der Waals surface area contributed by atoms with Gasteiger partial charge in [0.2, 0.25) is 5.88 Å². The molecule has 3 aromatic rings. The molecule has 0 radical (unpaired) electrons. The highest BCUT2D eigenvalue weighted by molar-refractivity contribution is 5.84. The first-order valence-corrected chi connectivity index (χ1v) is 8.73. The molecule has 1 aromatic heterocycles. The lowest BCUT2D eigenvalue weighted by atomic mass is 10.2. The Bertz CT molecular complexity index is 923. The van der Waals surface area contributed by atoms with Gasteiger partial charge in [0, 0.05) is 25.3 Å². The van der Waals surface area contributed by atoms with Gasteiger partial charge in [-0.2, -0.15) is 0 Å². The van der Waals surface area contributed by atoms with Gasteiger partial charge in [-0.05, 0) is 30.2 Å². The van der Waals surface area contributed by atoms with Crippen LogP contribution in [-0.2, 0) is 11.2 Å². The molecule has 1 N–H and O–H groups in total. The minimum atomic E-state index is -0.153. The average Bonchev–Trinajstić information content (AvgIpc) is 3.09. The van der Waals surface area contributed by atoms with E-state index < -0.39 is 0 Å². The molecule has 0 bridgehead atoms. The number of hydrogen-bond acceptors (Lipinski definition) is 5. The molecule has 0 atom stereocenters. The van der Waals surface area contributed by atoms with Crippen molar-refractivity contribution in [1.82, 2.24) is 15.3 Å². The highest BCUT2D eigenvalue weighted by atomic mass is 16.5. The van der Waals surface area contributed by atoms with Gasteiger partial charge in [0.25, 0.3) is 5.91 Å². The van der Waals surface area contributed by atoms with E-state index in [0.717, 1.165) is 30.4 Å². The molecule has 0 saturated heterocycles. The molecule has 6 nitrogen and oxygen atoms in total. The maximum Gasteiger partial charge on any atom is 0.258 e. The van der Waals surface area contributed by atoms with Crippen LogP contribution < -0.4 is 15.0 Å². The monoisotopic (exact) mass is 348 g/mol. The first-order chi connectivity index (χ1) is 12.8. The Morgan fingerprint density at radius 1 is 1.12 bits per heavy atom. The Morgan fingerprint density at radius 3 is 2.92 bits per heavy atom. The van der Waals surface area contributed by atoms with Crippen molar-refractivity contribution in [3.63, 3.8) is 0 Å². The molecule has 26 heavy (non-hydrogen) atoms. The molecule has 0 saturated carbocycles. The molecule has 0 spiro atoms. The topological polar surface area (TPSA) is 67.3 Å². The van der Waals surface area contributed by atoms with Crippen LogP contribution in [0.3, 0.4) is 0 Å². The molecule has 0 fully saturated rings. The first-order valence-electron chi connectivity index (χ1n) is 8.73. The van der Waals surface area contributed by atoms with E-state index in [2.05, 4.69) is 44.5 Å². The number of carbonyl (C=O) groups excluding carboxylic acids is 1. The standard InChI is InChI=1S/C20H20N4O2/c25-19(13-26-20-16-6-2-3-7-17(16)22-14-23-20)21-10-12-24-11-9-15-5-1-4-8-18(15)24/h1-8,14H,9-13H2,(H,21,25). The maximum absolute atomic E-state index is 12.1. The summed E-state index contributed by atoms with van der Waals surface area (Å²) >= 11 is 0. The number of rotatable bonds is 6. The van der Waals surface area contributed by atoms with Crippen LogP contribution in [0.2, 0.25) is 0 Å². The molecule has 1 aliphatic heterocycles. The minimum Gasteiger partial charge on any atom is -0.467 e. The zero-order chi connectivity index (χ0) is 17.8. The summed E-state index contributed by atoms with van der Waals surface area (Å²) in [5.41, 5.74) is 3.44. The van der Waals surface area contributed by atoms with Crippen molar-refractivity contribution in [2.75, 3.05) is 31.1 Å². The van der Waals surface area contributed by atoms with Crippen LogP contribution in [0.5, 0.6) is 5.88 Å². The summed E-state index contributed by atoms with van der Waals surface area (Å²) in [6.45, 7) is 2.32. The summed E-state index contributed by atoms with van der Waals surface area (Å²) in [6, 6.07) is 16.0. The third-order valence-electron chi connectivity index (χ3n) is 4.53. The predicted molar refractivity (Wildman–Crippen MR) is 100 cm³/mol. The van der Waals surface area contributed by atoms with Crippen molar-refractivity contribution in [2.45, 2.75) is 6.42 Å². The van der Waals surface area contributed by atoms with E-state index in [4.69, 9.17) is 4.74 Å². The fourth-order valence-electron chi connectivity index (χ4n) is 3.25. The fraction of sp³-hybridized carbons (Fsp3) is 0.250. The second-order valence-electron chi connectivity index (χ2n) is 6.20. The Labute approximate surface area is 151 Å². The Kier molecular flexibility index (Phi) is 4.64.